The van der Waals surface area contributed by atoms with E-state index in [1.807, 2.05) is 0 Å². The lowest BCUT2D eigenvalue weighted by atomic mass is 10.1. The zero-order chi connectivity index (χ0) is 25.8. The molecule has 0 bridgehead atoms. The van der Waals surface area contributed by atoms with Crippen molar-refractivity contribution in [3.63, 3.8) is 0 Å². The first kappa shape index (κ1) is 26.9. The third-order valence-corrected chi connectivity index (χ3v) is 7.80. The fourth-order valence-corrected chi connectivity index (χ4v) is 5.67. The molecule has 0 aliphatic carbocycles. The van der Waals surface area contributed by atoms with Crippen LogP contribution in [0.2, 0.25) is 5.02 Å². The number of hydrogen-bond donors (Lipinski definition) is 3. The minimum absolute atomic E-state index is 0.0513. The van der Waals surface area contributed by atoms with E-state index in [0.29, 0.717) is 21.9 Å². The number of aliphatic hydroxyl groups is 1. The van der Waals surface area contributed by atoms with Crippen molar-refractivity contribution >= 4 is 48.9 Å². The molecule has 0 saturated heterocycles. The molecule has 9 nitrogen and oxygen atoms in total. The summed E-state index contributed by atoms with van der Waals surface area (Å²) in [6.07, 6.45) is 0. The predicted octanol–water partition coefficient (Wildman–Crippen LogP) is 4.95. The molecule has 0 radical (unpaired) electrons. The highest BCUT2D eigenvalue weighted by molar-refractivity contribution is 9.10. The van der Waals surface area contributed by atoms with Crippen LogP contribution >= 0.6 is 27.5 Å². The molecule has 1 atom stereocenters. The number of methoxy groups -OCH3 is 1. The van der Waals surface area contributed by atoms with Gasteiger partial charge in [-0.15, -0.1) is 0 Å². The van der Waals surface area contributed by atoms with E-state index in [9.17, 15) is 23.6 Å². The Kier molecular flexibility index (Phi) is 8.73. The number of hydrogen-bond acceptors (Lipinski definition) is 7. The van der Waals surface area contributed by atoms with E-state index < -0.39 is 27.6 Å². The second-order valence-electron chi connectivity index (χ2n) is 7.53. The molecule has 0 aliphatic heterocycles. The Bertz CT molecular complexity index is 1350. The number of anilines is 1. The number of nitrogens with zero attached hydrogens (tertiary/aromatic N) is 1. The van der Waals surface area contributed by atoms with Crippen LogP contribution in [0.1, 0.15) is 22.7 Å². The van der Waals surface area contributed by atoms with E-state index in [-0.39, 0.29) is 28.4 Å². The van der Waals surface area contributed by atoms with Crippen molar-refractivity contribution < 1.29 is 23.2 Å². The van der Waals surface area contributed by atoms with Crippen LogP contribution in [0.15, 0.2) is 64.0 Å². The minimum Gasteiger partial charge on any atom is -0.496 e. The molecule has 3 aromatic carbocycles. The lowest BCUT2D eigenvalue weighted by molar-refractivity contribution is -0.384. The molecule has 186 valence electrons. The standard InChI is InChI=1S/C23H23BrClN3O6S/c1-14-22(35(32,33)27-20(13-29)17-5-3-4-6-21(17)34-2)10-9-19(23(14)28(30)31)26-12-15-11-16(24)7-8-18(15)25/h3-11,20,26-27,29H,12-13H2,1-2H3. The van der Waals surface area contributed by atoms with Crippen molar-refractivity contribution in [2.24, 2.45) is 0 Å². The molecule has 3 N–H and O–H groups in total. The van der Waals surface area contributed by atoms with Crippen molar-refractivity contribution in [2.45, 2.75) is 24.4 Å². The van der Waals surface area contributed by atoms with Crippen LogP contribution in [0.25, 0.3) is 0 Å². The van der Waals surface area contributed by atoms with Crippen molar-refractivity contribution in [1.29, 1.82) is 0 Å². The molecule has 0 saturated carbocycles. The summed E-state index contributed by atoms with van der Waals surface area (Å²) in [6.45, 7) is 0.998. The molecular weight excluding hydrogens is 562 g/mol. The molecule has 0 amide bonds. The highest BCUT2D eigenvalue weighted by atomic mass is 79.9. The molecule has 0 spiro atoms. The number of nitro benzene ring substituents is 1. The Morgan fingerprint density at radius 2 is 1.91 bits per heavy atom. The number of sulfonamides is 1. The number of halogens is 2. The minimum atomic E-state index is -4.25. The van der Waals surface area contributed by atoms with Crippen molar-refractivity contribution in [1.82, 2.24) is 4.72 Å². The second kappa shape index (κ2) is 11.4. The van der Waals surface area contributed by atoms with Crippen LogP contribution in [0.4, 0.5) is 11.4 Å². The van der Waals surface area contributed by atoms with E-state index in [1.54, 1.807) is 42.5 Å². The zero-order valence-electron chi connectivity index (χ0n) is 18.8. The van der Waals surface area contributed by atoms with E-state index >= 15 is 0 Å². The fourth-order valence-electron chi connectivity index (χ4n) is 3.62. The summed E-state index contributed by atoms with van der Waals surface area (Å²) in [5.74, 6) is 0.391. The van der Waals surface area contributed by atoms with Gasteiger partial charge in [-0.25, -0.2) is 13.1 Å². The SMILES string of the molecule is COc1ccccc1C(CO)NS(=O)(=O)c1ccc(NCc2cc(Br)ccc2Cl)c([N+](=O)[O-])c1C. The van der Waals surface area contributed by atoms with Gasteiger partial charge in [0.1, 0.15) is 11.4 Å². The first-order valence-electron chi connectivity index (χ1n) is 10.3. The molecule has 12 heteroatoms. The predicted molar refractivity (Wildman–Crippen MR) is 137 cm³/mol. The van der Waals surface area contributed by atoms with Gasteiger partial charge < -0.3 is 15.2 Å². The summed E-state index contributed by atoms with van der Waals surface area (Å²) in [5, 5.41) is 25.2. The van der Waals surface area contributed by atoms with Crippen LogP contribution in [0, 0.1) is 17.0 Å². The normalized spacial score (nSPS) is 12.3. The lowest BCUT2D eigenvalue weighted by Crippen LogP contribution is -2.31. The van der Waals surface area contributed by atoms with E-state index in [2.05, 4.69) is 26.0 Å². The summed E-state index contributed by atoms with van der Waals surface area (Å²) in [4.78, 5) is 11.0. The topological polar surface area (TPSA) is 131 Å². The quantitative estimate of drug-likeness (QED) is 0.227. The van der Waals surface area contributed by atoms with Crippen molar-refractivity contribution in [2.75, 3.05) is 19.0 Å². The van der Waals surface area contributed by atoms with Crippen LogP contribution in [-0.4, -0.2) is 32.2 Å². The number of ether oxygens (including phenoxy) is 1. The second-order valence-corrected chi connectivity index (χ2v) is 10.5. The van der Waals surface area contributed by atoms with E-state index in [1.165, 1.54) is 26.2 Å². The third kappa shape index (κ3) is 6.11. The number of nitrogens with one attached hydrogen (secondary N) is 2. The molecule has 35 heavy (non-hydrogen) atoms. The summed E-state index contributed by atoms with van der Waals surface area (Å²) >= 11 is 9.56. The monoisotopic (exact) mass is 583 g/mol. The first-order chi connectivity index (χ1) is 16.6. The Morgan fingerprint density at radius 1 is 1.20 bits per heavy atom. The fraction of sp³-hybridized carbons (Fsp3) is 0.217. The Balaban J connectivity index is 1.95. The third-order valence-electron chi connectivity index (χ3n) is 5.32. The van der Waals surface area contributed by atoms with Gasteiger partial charge in [0, 0.05) is 27.2 Å². The van der Waals surface area contributed by atoms with Gasteiger partial charge in [0.2, 0.25) is 10.0 Å². The zero-order valence-corrected chi connectivity index (χ0v) is 21.9. The summed E-state index contributed by atoms with van der Waals surface area (Å²) < 4.78 is 34.9. The molecule has 1 unspecified atom stereocenters. The van der Waals surface area contributed by atoms with Gasteiger partial charge in [-0.2, -0.15) is 0 Å². The number of para-hydroxylation sites is 1. The maximum absolute atomic E-state index is 13.2. The Labute approximate surface area is 216 Å². The Hall–Kier alpha value is -2.70. The van der Waals surface area contributed by atoms with Crippen LogP contribution < -0.4 is 14.8 Å². The maximum Gasteiger partial charge on any atom is 0.296 e. The van der Waals surface area contributed by atoms with Crippen LogP contribution in [0.3, 0.4) is 0 Å². The number of benzene rings is 3. The summed E-state index contributed by atoms with van der Waals surface area (Å²) in [7, 11) is -2.82. The average molecular weight is 585 g/mol. The molecule has 0 heterocycles. The van der Waals surface area contributed by atoms with Crippen LogP contribution in [0.5, 0.6) is 5.75 Å². The molecule has 0 fully saturated rings. The lowest BCUT2D eigenvalue weighted by Gasteiger charge is -2.20. The largest absolute Gasteiger partial charge is 0.496 e. The molecular formula is C23H23BrClN3O6S. The van der Waals surface area contributed by atoms with Gasteiger partial charge in [-0.05, 0) is 48.9 Å². The first-order valence-corrected chi connectivity index (χ1v) is 13.0. The molecule has 3 rings (SSSR count). The van der Waals surface area contributed by atoms with Gasteiger partial charge in [-0.3, -0.25) is 10.1 Å². The van der Waals surface area contributed by atoms with E-state index in [4.69, 9.17) is 16.3 Å². The summed E-state index contributed by atoms with van der Waals surface area (Å²) in [5.41, 5.74) is 0.846. The van der Waals surface area contributed by atoms with Crippen LogP contribution in [-0.2, 0) is 16.6 Å². The molecule has 0 aromatic heterocycles. The number of nitro groups is 1. The van der Waals surface area contributed by atoms with Gasteiger partial charge in [0.25, 0.3) is 5.69 Å². The number of rotatable bonds is 10. The molecule has 0 aliphatic rings. The summed E-state index contributed by atoms with van der Waals surface area (Å²) in [6, 6.07) is 13.5. The van der Waals surface area contributed by atoms with Crippen molar-refractivity contribution in [3.8, 4) is 5.75 Å². The van der Waals surface area contributed by atoms with Gasteiger partial charge in [-0.1, -0.05) is 45.7 Å². The highest BCUT2D eigenvalue weighted by Crippen LogP contribution is 2.35. The van der Waals surface area contributed by atoms with Gasteiger partial charge in [0.05, 0.1) is 29.6 Å². The highest BCUT2D eigenvalue weighted by Gasteiger charge is 2.29. The van der Waals surface area contributed by atoms with Gasteiger partial charge in [0.15, 0.2) is 0 Å². The van der Waals surface area contributed by atoms with Gasteiger partial charge >= 0.3 is 0 Å². The molecule has 3 aromatic rings. The van der Waals surface area contributed by atoms with E-state index in [0.717, 1.165) is 4.47 Å². The smallest absolute Gasteiger partial charge is 0.296 e. The average Bonchev–Trinajstić information content (AvgIpc) is 2.82. The number of aliphatic hydroxyl groups excluding tert-OH is 1. The van der Waals surface area contributed by atoms with Crippen molar-refractivity contribution in [3.05, 3.63) is 90.9 Å². The Morgan fingerprint density at radius 3 is 2.57 bits per heavy atom. The maximum atomic E-state index is 13.2.